The predicted octanol–water partition coefficient (Wildman–Crippen LogP) is 2.67. The summed E-state index contributed by atoms with van der Waals surface area (Å²) in [5, 5.41) is 20.0. The van der Waals surface area contributed by atoms with Gasteiger partial charge in [-0.2, -0.15) is 0 Å². The summed E-state index contributed by atoms with van der Waals surface area (Å²) < 4.78 is 0. The molecule has 0 bridgehead atoms. The maximum absolute atomic E-state index is 12.0. The van der Waals surface area contributed by atoms with Gasteiger partial charge in [0.25, 0.3) is 0 Å². The molecule has 4 heteroatoms. The highest BCUT2D eigenvalue weighted by atomic mass is 16.3. The van der Waals surface area contributed by atoms with E-state index in [1.165, 1.54) is 6.92 Å². The summed E-state index contributed by atoms with van der Waals surface area (Å²) in [5.74, 6) is 0.00641. The molecule has 0 saturated heterocycles. The zero-order chi connectivity index (χ0) is 15.7. The largest absolute Gasteiger partial charge is 0.507 e. The van der Waals surface area contributed by atoms with Gasteiger partial charge in [0, 0.05) is 18.4 Å². The lowest BCUT2D eigenvalue weighted by Crippen LogP contribution is -2.27. The first kappa shape index (κ1) is 15.7. The van der Waals surface area contributed by atoms with Crippen molar-refractivity contribution in [2.45, 2.75) is 52.6 Å². The number of carbonyl (C=O) groups is 2. The fraction of sp³-hybridized carbons (Fsp3) is 0.529. The molecule has 0 radical (unpaired) electrons. The first-order valence-electron chi connectivity index (χ1n) is 7.41. The third kappa shape index (κ3) is 3.16. The minimum Gasteiger partial charge on any atom is -0.507 e. The topological polar surface area (TPSA) is 74.6 Å². The minimum atomic E-state index is -0.775. The molecule has 1 aromatic carbocycles. The van der Waals surface area contributed by atoms with Crippen LogP contribution in [0.15, 0.2) is 6.07 Å². The Labute approximate surface area is 124 Å². The number of hydrogen-bond acceptors (Lipinski definition) is 4. The van der Waals surface area contributed by atoms with Gasteiger partial charge in [-0.1, -0.05) is 13.8 Å². The smallest absolute Gasteiger partial charge is 0.169 e. The van der Waals surface area contributed by atoms with E-state index in [1.54, 1.807) is 6.07 Å². The van der Waals surface area contributed by atoms with Crippen LogP contribution in [-0.4, -0.2) is 27.9 Å². The van der Waals surface area contributed by atoms with Gasteiger partial charge in [0.2, 0.25) is 0 Å². The van der Waals surface area contributed by atoms with Crippen LogP contribution in [0.2, 0.25) is 0 Å². The predicted molar refractivity (Wildman–Crippen MR) is 79.9 cm³/mol. The summed E-state index contributed by atoms with van der Waals surface area (Å²) in [5.41, 5.74) is 2.02. The van der Waals surface area contributed by atoms with E-state index >= 15 is 0 Å². The third-order valence-electron chi connectivity index (χ3n) is 3.97. The Morgan fingerprint density at radius 3 is 2.62 bits per heavy atom. The number of phenolic OH excluding ortho intramolecular Hbond substituents is 1. The van der Waals surface area contributed by atoms with Gasteiger partial charge >= 0.3 is 0 Å². The Kier molecular flexibility index (Phi) is 4.47. The minimum absolute atomic E-state index is 0.00322. The molecule has 4 nitrogen and oxygen atoms in total. The lowest BCUT2D eigenvalue weighted by atomic mass is 9.81. The van der Waals surface area contributed by atoms with E-state index in [9.17, 15) is 19.8 Å². The summed E-state index contributed by atoms with van der Waals surface area (Å²) >= 11 is 0. The highest BCUT2D eigenvalue weighted by molar-refractivity contribution is 6.06. The molecule has 2 rings (SSSR count). The maximum atomic E-state index is 12.0. The second-order valence-corrected chi connectivity index (χ2v) is 6.26. The molecular weight excluding hydrogens is 268 g/mol. The molecule has 1 aromatic rings. The molecule has 114 valence electrons. The van der Waals surface area contributed by atoms with E-state index in [0.29, 0.717) is 23.5 Å². The van der Waals surface area contributed by atoms with Gasteiger partial charge in [-0.05, 0) is 42.9 Å². The van der Waals surface area contributed by atoms with Crippen molar-refractivity contribution in [1.82, 2.24) is 0 Å². The maximum Gasteiger partial charge on any atom is 0.169 e. The molecule has 0 saturated carbocycles. The lowest BCUT2D eigenvalue weighted by Gasteiger charge is -2.24. The number of benzene rings is 1. The Balaban J connectivity index is 2.58. The molecule has 0 heterocycles. The average molecular weight is 290 g/mol. The number of aryl methyl sites for hydroxylation is 1. The zero-order valence-corrected chi connectivity index (χ0v) is 12.8. The van der Waals surface area contributed by atoms with E-state index < -0.39 is 6.10 Å². The first-order chi connectivity index (χ1) is 9.81. The van der Waals surface area contributed by atoms with E-state index in [2.05, 4.69) is 13.8 Å². The van der Waals surface area contributed by atoms with Crippen LogP contribution in [0.3, 0.4) is 0 Å². The fourth-order valence-electron chi connectivity index (χ4n) is 3.00. The number of aromatic hydroxyl groups is 1. The number of aliphatic hydroxyl groups is 1. The molecule has 0 aromatic heterocycles. The van der Waals surface area contributed by atoms with Gasteiger partial charge in [-0.3, -0.25) is 9.59 Å². The van der Waals surface area contributed by atoms with E-state index in [1.807, 2.05) is 0 Å². The van der Waals surface area contributed by atoms with Crippen LogP contribution < -0.4 is 0 Å². The van der Waals surface area contributed by atoms with Crippen molar-refractivity contribution in [3.05, 3.63) is 28.3 Å². The molecule has 0 aliphatic heterocycles. The number of rotatable bonds is 4. The van der Waals surface area contributed by atoms with Crippen molar-refractivity contribution in [3.8, 4) is 5.75 Å². The standard InChI is InChI=1S/C17H22O4/c1-9(2)4-5-11-6-14(20)17-13(16(11)10(3)18)7-12(19)8-15(17)21/h6,9,12,19-20H,4-5,7-8H2,1-3H3. The normalized spacial score (nSPS) is 18.0. The van der Waals surface area contributed by atoms with Crippen LogP contribution in [0.25, 0.3) is 0 Å². The fourth-order valence-corrected chi connectivity index (χ4v) is 3.00. The number of carbonyl (C=O) groups excluding carboxylic acids is 2. The number of Topliss-reactive ketones (excluding diaryl/α,β-unsaturated/α-hetero) is 2. The monoisotopic (exact) mass is 290 g/mol. The van der Waals surface area contributed by atoms with Crippen molar-refractivity contribution in [1.29, 1.82) is 0 Å². The van der Waals surface area contributed by atoms with Crippen LogP contribution in [0.5, 0.6) is 5.75 Å². The van der Waals surface area contributed by atoms with Gasteiger partial charge in [0.05, 0.1) is 11.7 Å². The summed E-state index contributed by atoms with van der Waals surface area (Å²) in [6.45, 7) is 5.66. The highest BCUT2D eigenvalue weighted by Gasteiger charge is 2.31. The molecule has 1 aliphatic carbocycles. The molecule has 0 spiro atoms. The van der Waals surface area contributed by atoms with Crippen LogP contribution in [-0.2, 0) is 12.8 Å². The number of hydrogen-bond donors (Lipinski definition) is 2. The van der Waals surface area contributed by atoms with E-state index in [-0.39, 0.29) is 35.7 Å². The van der Waals surface area contributed by atoms with Gasteiger partial charge in [-0.25, -0.2) is 0 Å². The summed E-state index contributed by atoms with van der Waals surface area (Å²) in [6, 6.07) is 1.55. The van der Waals surface area contributed by atoms with Crippen molar-refractivity contribution in [2.75, 3.05) is 0 Å². The van der Waals surface area contributed by atoms with Crippen molar-refractivity contribution < 1.29 is 19.8 Å². The third-order valence-corrected chi connectivity index (χ3v) is 3.97. The highest BCUT2D eigenvalue weighted by Crippen LogP contribution is 2.35. The second-order valence-electron chi connectivity index (χ2n) is 6.26. The van der Waals surface area contributed by atoms with Gasteiger partial charge < -0.3 is 10.2 Å². The summed E-state index contributed by atoms with van der Waals surface area (Å²) in [6.07, 6.45) is 1.05. The van der Waals surface area contributed by atoms with Gasteiger partial charge in [0.15, 0.2) is 11.6 Å². The van der Waals surface area contributed by atoms with Gasteiger partial charge in [-0.15, -0.1) is 0 Å². The van der Waals surface area contributed by atoms with Crippen molar-refractivity contribution >= 4 is 11.6 Å². The van der Waals surface area contributed by atoms with E-state index in [4.69, 9.17) is 0 Å². The SMILES string of the molecule is CC(=O)c1c(CCC(C)C)cc(O)c2c1CC(O)CC2=O. The number of aliphatic hydroxyl groups excluding tert-OH is 1. The molecule has 1 aliphatic rings. The molecule has 21 heavy (non-hydrogen) atoms. The lowest BCUT2D eigenvalue weighted by molar-refractivity contribution is 0.0849. The van der Waals surface area contributed by atoms with Crippen LogP contribution in [0, 0.1) is 5.92 Å². The van der Waals surface area contributed by atoms with Crippen molar-refractivity contribution in [2.24, 2.45) is 5.92 Å². The molecule has 0 amide bonds. The van der Waals surface area contributed by atoms with Crippen LogP contribution >= 0.6 is 0 Å². The van der Waals surface area contributed by atoms with Crippen LogP contribution in [0.1, 0.15) is 65.5 Å². The van der Waals surface area contributed by atoms with E-state index in [0.717, 1.165) is 12.0 Å². The average Bonchev–Trinajstić information content (AvgIpc) is 2.34. The summed E-state index contributed by atoms with van der Waals surface area (Å²) in [7, 11) is 0. The Morgan fingerprint density at radius 1 is 1.38 bits per heavy atom. The Morgan fingerprint density at radius 2 is 2.05 bits per heavy atom. The molecule has 1 unspecified atom stereocenters. The Bertz CT molecular complexity index is 587. The second kappa shape index (κ2) is 5.98. The number of ketones is 2. The molecular formula is C17H22O4. The van der Waals surface area contributed by atoms with Crippen molar-refractivity contribution in [3.63, 3.8) is 0 Å². The molecule has 1 atom stereocenters. The quantitative estimate of drug-likeness (QED) is 0.836. The van der Waals surface area contributed by atoms with Gasteiger partial charge in [0.1, 0.15) is 5.75 Å². The Hall–Kier alpha value is -1.68. The van der Waals surface area contributed by atoms with Crippen LogP contribution in [0.4, 0.5) is 0 Å². The number of phenols is 1. The molecule has 2 N–H and O–H groups in total. The first-order valence-corrected chi connectivity index (χ1v) is 7.41. The molecule has 0 fully saturated rings. The summed E-state index contributed by atoms with van der Waals surface area (Å²) in [4.78, 5) is 24.1. The zero-order valence-electron chi connectivity index (χ0n) is 12.8. The number of fused-ring (bicyclic) bond motifs is 1.